The third-order valence-corrected chi connectivity index (χ3v) is 2.23. The fourth-order valence-corrected chi connectivity index (χ4v) is 1.23. The molecule has 0 saturated heterocycles. The molecule has 1 rings (SSSR count). The second-order valence-electron chi connectivity index (χ2n) is 3.36. The van der Waals surface area contributed by atoms with E-state index in [-0.39, 0.29) is 11.7 Å². The number of non-ortho nitro benzene ring substituents is 1. The Bertz CT molecular complexity index is 411. The Morgan fingerprint density at radius 1 is 1.53 bits per heavy atom. The first-order chi connectivity index (χ1) is 8.17. The largest absolute Gasteiger partial charge is 0.493 e. The van der Waals surface area contributed by atoms with E-state index in [0.29, 0.717) is 18.8 Å². The fraction of sp³-hybridized carbons (Fsp3) is 0.364. The summed E-state index contributed by atoms with van der Waals surface area (Å²) in [5.41, 5.74) is 0.0301. The van der Waals surface area contributed by atoms with Gasteiger partial charge >= 0.3 is 0 Å². The van der Waals surface area contributed by atoms with Crippen LogP contribution in [-0.2, 0) is 0 Å². The molecule has 6 nitrogen and oxygen atoms in total. The van der Waals surface area contributed by atoms with Crippen LogP contribution in [0, 0.1) is 21.4 Å². The van der Waals surface area contributed by atoms with Crippen LogP contribution >= 0.6 is 0 Å². The lowest BCUT2D eigenvalue weighted by Crippen LogP contribution is -2.25. The van der Waals surface area contributed by atoms with Gasteiger partial charge < -0.3 is 10.1 Å². The molecule has 1 N–H and O–H groups in total. The van der Waals surface area contributed by atoms with E-state index in [1.807, 2.05) is 0 Å². The van der Waals surface area contributed by atoms with Gasteiger partial charge in [0.25, 0.3) is 5.69 Å². The molecule has 17 heavy (non-hydrogen) atoms. The van der Waals surface area contributed by atoms with E-state index in [1.54, 1.807) is 19.2 Å². The van der Waals surface area contributed by atoms with Crippen molar-refractivity contribution in [1.29, 1.82) is 5.26 Å². The van der Waals surface area contributed by atoms with Gasteiger partial charge in [0.1, 0.15) is 5.75 Å². The zero-order chi connectivity index (χ0) is 12.7. The monoisotopic (exact) mass is 235 g/mol. The zero-order valence-electron chi connectivity index (χ0n) is 9.42. The van der Waals surface area contributed by atoms with Crippen molar-refractivity contribution in [1.82, 2.24) is 5.32 Å². The van der Waals surface area contributed by atoms with E-state index in [2.05, 4.69) is 11.4 Å². The second-order valence-corrected chi connectivity index (χ2v) is 3.36. The normalized spacial score (nSPS) is 11.5. The standard InChI is InChI=1S/C11H13N3O3/c1-13-9(8-12)6-7-17-11-4-2-10(3-5-11)14(15)16/h2-5,9,13H,6-7H2,1H3. The molecule has 1 aromatic carbocycles. The van der Waals surface area contributed by atoms with Crippen LogP contribution in [0.25, 0.3) is 0 Å². The number of nitriles is 1. The van der Waals surface area contributed by atoms with Gasteiger partial charge in [-0.3, -0.25) is 10.1 Å². The second kappa shape index (κ2) is 6.45. The minimum absolute atomic E-state index is 0.0301. The molecule has 0 heterocycles. The van der Waals surface area contributed by atoms with Gasteiger partial charge in [0.2, 0.25) is 0 Å². The molecule has 0 bridgehead atoms. The quantitative estimate of drug-likeness (QED) is 0.595. The minimum Gasteiger partial charge on any atom is -0.493 e. The molecule has 1 aromatic rings. The Hall–Kier alpha value is -2.13. The van der Waals surface area contributed by atoms with Crippen molar-refractivity contribution in [2.45, 2.75) is 12.5 Å². The summed E-state index contributed by atoms with van der Waals surface area (Å²) < 4.78 is 5.36. The van der Waals surface area contributed by atoms with Crippen LogP contribution in [0.2, 0.25) is 0 Å². The number of nitro benzene ring substituents is 1. The average Bonchev–Trinajstić information content (AvgIpc) is 2.35. The van der Waals surface area contributed by atoms with E-state index in [1.165, 1.54) is 12.1 Å². The van der Waals surface area contributed by atoms with Crippen LogP contribution in [-0.4, -0.2) is 24.6 Å². The number of rotatable bonds is 6. The highest BCUT2D eigenvalue weighted by atomic mass is 16.6. The van der Waals surface area contributed by atoms with E-state index < -0.39 is 4.92 Å². The first kappa shape index (κ1) is 12.9. The van der Waals surface area contributed by atoms with Crippen molar-refractivity contribution in [2.24, 2.45) is 0 Å². The third-order valence-electron chi connectivity index (χ3n) is 2.23. The summed E-state index contributed by atoms with van der Waals surface area (Å²) >= 11 is 0. The van der Waals surface area contributed by atoms with Gasteiger partial charge in [-0.1, -0.05) is 0 Å². The molecule has 0 aliphatic heterocycles. The predicted octanol–water partition coefficient (Wildman–Crippen LogP) is 1.48. The van der Waals surface area contributed by atoms with Gasteiger partial charge in [-0.15, -0.1) is 0 Å². The van der Waals surface area contributed by atoms with E-state index in [4.69, 9.17) is 10.00 Å². The summed E-state index contributed by atoms with van der Waals surface area (Å²) in [6.07, 6.45) is 0.560. The molecule has 1 unspecified atom stereocenters. The molecule has 0 spiro atoms. The Kier molecular flexibility index (Phi) is 4.91. The highest BCUT2D eigenvalue weighted by molar-refractivity contribution is 5.35. The number of nitrogens with zero attached hydrogens (tertiary/aromatic N) is 2. The fourth-order valence-electron chi connectivity index (χ4n) is 1.23. The van der Waals surface area contributed by atoms with Crippen LogP contribution in [0.15, 0.2) is 24.3 Å². The number of benzene rings is 1. The minimum atomic E-state index is -0.462. The van der Waals surface area contributed by atoms with Gasteiger partial charge in [-0.2, -0.15) is 5.26 Å². The number of hydrogen-bond donors (Lipinski definition) is 1. The Labute approximate surface area is 99.0 Å². The Morgan fingerprint density at radius 2 is 2.18 bits per heavy atom. The highest BCUT2D eigenvalue weighted by Gasteiger charge is 2.06. The van der Waals surface area contributed by atoms with Crippen molar-refractivity contribution in [3.8, 4) is 11.8 Å². The summed E-state index contributed by atoms with van der Waals surface area (Å²) in [4.78, 5) is 9.95. The summed E-state index contributed by atoms with van der Waals surface area (Å²) in [6.45, 7) is 0.386. The van der Waals surface area contributed by atoms with E-state index >= 15 is 0 Å². The van der Waals surface area contributed by atoms with Crippen LogP contribution < -0.4 is 10.1 Å². The lowest BCUT2D eigenvalue weighted by Gasteiger charge is -2.09. The van der Waals surface area contributed by atoms with Crippen LogP contribution in [0.3, 0.4) is 0 Å². The molecule has 0 aliphatic carbocycles. The summed E-state index contributed by atoms with van der Waals surface area (Å²) in [5.74, 6) is 0.559. The van der Waals surface area contributed by atoms with E-state index in [9.17, 15) is 10.1 Å². The predicted molar refractivity (Wildman–Crippen MR) is 61.7 cm³/mol. The number of nitro groups is 1. The summed E-state index contributed by atoms with van der Waals surface area (Å²) in [7, 11) is 1.71. The first-order valence-corrected chi connectivity index (χ1v) is 5.11. The molecular formula is C11H13N3O3. The van der Waals surface area contributed by atoms with Crippen molar-refractivity contribution >= 4 is 5.69 Å². The molecule has 0 aliphatic rings. The van der Waals surface area contributed by atoms with Gasteiger partial charge in [0.05, 0.1) is 23.6 Å². The number of ether oxygens (including phenoxy) is 1. The number of nitrogens with one attached hydrogen (secondary N) is 1. The number of hydrogen-bond acceptors (Lipinski definition) is 5. The molecule has 0 amide bonds. The zero-order valence-corrected chi connectivity index (χ0v) is 9.42. The molecule has 0 fully saturated rings. The lowest BCUT2D eigenvalue weighted by molar-refractivity contribution is -0.384. The molecule has 0 saturated carbocycles. The third kappa shape index (κ3) is 4.09. The summed E-state index contributed by atoms with van der Waals surface area (Å²) in [5, 5.41) is 21.9. The van der Waals surface area contributed by atoms with E-state index in [0.717, 1.165) is 0 Å². The Morgan fingerprint density at radius 3 is 2.65 bits per heavy atom. The van der Waals surface area contributed by atoms with Gasteiger partial charge in [0, 0.05) is 18.6 Å². The Balaban J connectivity index is 2.43. The van der Waals surface area contributed by atoms with Gasteiger partial charge in [-0.25, -0.2) is 0 Å². The van der Waals surface area contributed by atoms with Gasteiger partial charge in [0.15, 0.2) is 0 Å². The molecule has 1 atom stereocenters. The molecule has 6 heteroatoms. The lowest BCUT2D eigenvalue weighted by atomic mass is 10.2. The molecule has 0 radical (unpaired) electrons. The van der Waals surface area contributed by atoms with Crippen molar-refractivity contribution in [2.75, 3.05) is 13.7 Å². The average molecular weight is 235 g/mol. The topological polar surface area (TPSA) is 88.2 Å². The smallest absolute Gasteiger partial charge is 0.269 e. The van der Waals surface area contributed by atoms with Crippen molar-refractivity contribution < 1.29 is 9.66 Å². The summed E-state index contributed by atoms with van der Waals surface area (Å²) in [6, 6.07) is 7.69. The van der Waals surface area contributed by atoms with Crippen LogP contribution in [0.1, 0.15) is 6.42 Å². The van der Waals surface area contributed by atoms with Crippen molar-refractivity contribution in [3.05, 3.63) is 34.4 Å². The maximum absolute atomic E-state index is 10.4. The first-order valence-electron chi connectivity index (χ1n) is 5.11. The van der Waals surface area contributed by atoms with Crippen LogP contribution in [0.5, 0.6) is 5.75 Å². The maximum atomic E-state index is 10.4. The van der Waals surface area contributed by atoms with Crippen LogP contribution in [0.4, 0.5) is 5.69 Å². The molecule has 90 valence electrons. The van der Waals surface area contributed by atoms with Gasteiger partial charge in [-0.05, 0) is 19.2 Å². The molecular weight excluding hydrogens is 222 g/mol. The SMILES string of the molecule is CNC(C#N)CCOc1ccc([N+](=O)[O-])cc1. The molecule has 0 aromatic heterocycles. The highest BCUT2D eigenvalue weighted by Crippen LogP contribution is 2.17. The van der Waals surface area contributed by atoms with Crippen molar-refractivity contribution in [3.63, 3.8) is 0 Å². The maximum Gasteiger partial charge on any atom is 0.269 e.